The normalized spacial score (nSPS) is 17.5. The average Bonchev–Trinajstić information content (AvgIpc) is 3.27. The monoisotopic (exact) mass is 321 g/mol. The molecule has 0 saturated carbocycles. The molecule has 1 N–H and O–H groups in total. The lowest BCUT2D eigenvalue weighted by molar-refractivity contribution is -0.132. The third kappa shape index (κ3) is 2.87. The Morgan fingerprint density at radius 2 is 2.21 bits per heavy atom. The van der Waals surface area contributed by atoms with E-state index in [1.807, 2.05) is 29.2 Å². The van der Waals surface area contributed by atoms with Crippen molar-refractivity contribution < 1.29 is 4.79 Å². The second-order valence-electron chi connectivity index (χ2n) is 6.08. The van der Waals surface area contributed by atoms with Gasteiger partial charge in [-0.15, -0.1) is 0 Å². The van der Waals surface area contributed by atoms with Crippen molar-refractivity contribution in [3.63, 3.8) is 0 Å². The van der Waals surface area contributed by atoms with Gasteiger partial charge in [0.25, 0.3) is 0 Å². The van der Waals surface area contributed by atoms with Crippen LogP contribution in [0.1, 0.15) is 36.8 Å². The van der Waals surface area contributed by atoms with E-state index < -0.39 is 0 Å². The van der Waals surface area contributed by atoms with Gasteiger partial charge in [0.05, 0.1) is 29.0 Å². The number of nitrogens with one attached hydrogen (secondary N) is 1. The predicted octanol–water partition coefficient (Wildman–Crippen LogP) is 2.65. The van der Waals surface area contributed by atoms with Crippen LogP contribution in [0.5, 0.6) is 0 Å². The van der Waals surface area contributed by atoms with Crippen LogP contribution >= 0.6 is 0 Å². The highest BCUT2D eigenvalue weighted by Crippen LogP contribution is 2.30. The van der Waals surface area contributed by atoms with Gasteiger partial charge in [-0.1, -0.05) is 12.1 Å². The Hall–Kier alpha value is -2.76. The molecule has 24 heavy (non-hydrogen) atoms. The quantitative estimate of drug-likeness (QED) is 0.801. The van der Waals surface area contributed by atoms with Gasteiger partial charge < -0.3 is 9.88 Å². The van der Waals surface area contributed by atoms with Crippen LogP contribution in [-0.2, 0) is 11.2 Å². The molecule has 0 unspecified atom stereocenters. The Balaban J connectivity index is 1.43. The average molecular weight is 321 g/mol. The summed E-state index contributed by atoms with van der Waals surface area (Å²) in [5.74, 6) is 1.02. The van der Waals surface area contributed by atoms with Crippen LogP contribution in [0, 0.1) is 0 Å². The van der Waals surface area contributed by atoms with Crippen molar-refractivity contribution >= 4 is 16.9 Å². The van der Waals surface area contributed by atoms with Crippen LogP contribution in [0.25, 0.3) is 11.0 Å². The largest absolute Gasteiger partial charge is 0.342 e. The van der Waals surface area contributed by atoms with Crippen LogP contribution in [0.2, 0.25) is 0 Å². The van der Waals surface area contributed by atoms with E-state index in [1.165, 1.54) is 0 Å². The van der Waals surface area contributed by atoms with Crippen molar-refractivity contribution in [2.24, 2.45) is 0 Å². The van der Waals surface area contributed by atoms with E-state index in [-0.39, 0.29) is 11.9 Å². The van der Waals surface area contributed by atoms with Crippen LogP contribution in [-0.4, -0.2) is 37.3 Å². The fourth-order valence-electron chi connectivity index (χ4n) is 3.35. The summed E-state index contributed by atoms with van der Waals surface area (Å²) >= 11 is 0. The number of benzene rings is 1. The number of aromatic amines is 1. The predicted molar refractivity (Wildman–Crippen MR) is 90.1 cm³/mol. The van der Waals surface area contributed by atoms with Crippen molar-refractivity contribution in [1.82, 2.24) is 24.8 Å². The van der Waals surface area contributed by atoms with Crippen molar-refractivity contribution in [3.05, 3.63) is 54.4 Å². The third-order valence-corrected chi connectivity index (χ3v) is 4.51. The summed E-state index contributed by atoms with van der Waals surface area (Å²) < 4.78 is 0. The lowest BCUT2D eigenvalue weighted by atomic mass is 10.1. The molecule has 122 valence electrons. The first-order valence-electron chi connectivity index (χ1n) is 8.30. The number of imidazole rings is 1. The van der Waals surface area contributed by atoms with Crippen LogP contribution in [0.3, 0.4) is 0 Å². The maximum atomic E-state index is 12.7. The highest BCUT2D eigenvalue weighted by atomic mass is 16.2. The van der Waals surface area contributed by atoms with Gasteiger partial charge in [-0.25, -0.2) is 4.98 Å². The van der Waals surface area contributed by atoms with Gasteiger partial charge in [0.2, 0.25) is 5.91 Å². The Kier molecular flexibility index (Phi) is 3.94. The first-order chi connectivity index (χ1) is 11.8. The zero-order valence-electron chi connectivity index (χ0n) is 13.4. The standard InChI is InChI=1S/C18H19N5O/c24-18(8-7-17-21-13-4-1-2-5-14(13)22-17)23-11-3-6-16(23)15-12-19-9-10-20-15/h1-2,4-5,9-10,12,16H,3,6-8,11H2,(H,21,22)/t16-/m0/s1. The smallest absolute Gasteiger partial charge is 0.223 e. The highest BCUT2D eigenvalue weighted by molar-refractivity contribution is 5.78. The number of likely N-dealkylation sites (tertiary alicyclic amines) is 1. The molecule has 0 radical (unpaired) electrons. The fraction of sp³-hybridized carbons (Fsp3) is 0.333. The number of hydrogen-bond donors (Lipinski definition) is 1. The highest BCUT2D eigenvalue weighted by Gasteiger charge is 2.30. The number of para-hydroxylation sites is 2. The number of carbonyl (C=O) groups is 1. The number of rotatable bonds is 4. The van der Waals surface area contributed by atoms with E-state index in [1.54, 1.807) is 18.6 Å². The number of aromatic nitrogens is 4. The number of amides is 1. The molecule has 3 heterocycles. The van der Waals surface area contributed by atoms with E-state index in [9.17, 15) is 4.79 Å². The van der Waals surface area contributed by atoms with E-state index >= 15 is 0 Å². The molecule has 2 aromatic heterocycles. The van der Waals surface area contributed by atoms with Gasteiger partial charge in [0.15, 0.2) is 0 Å². The van der Waals surface area contributed by atoms with Crippen molar-refractivity contribution in [3.8, 4) is 0 Å². The summed E-state index contributed by atoms with van der Waals surface area (Å²) in [5, 5.41) is 0. The molecule has 1 aliphatic rings. The molecule has 1 atom stereocenters. The molecular weight excluding hydrogens is 302 g/mol. The topological polar surface area (TPSA) is 74.8 Å². The first-order valence-corrected chi connectivity index (χ1v) is 8.30. The van der Waals surface area contributed by atoms with Crippen LogP contribution < -0.4 is 0 Å². The lowest BCUT2D eigenvalue weighted by Gasteiger charge is -2.24. The second-order valence-corrected chi connectivity index (χ2v) is 6.08. The van der Waals surface area contributed by atoms with E-state index in [4.69, 9.17) is 0 Å². The van der Waals surface area contributed by atoms with Crippen LogP contribution in [0.15, 0.2) is 42.9 Å². The minimum atomic E-state index is 0.0573. The van der Waals surface area contributed by atoms with Crippen LogP contribution in [0.4, 0.5) is 0 Å². The van der Waals surface area contributed by atoms with Gasteiger partial charge in [0.1, 0.15) is 5.82 Å². The second kappa shape index (κ2) is 6.39. The van der Waals surface area contributed by atoms with Gasteiger partial charge in [0, 0.05) is 31.8 Å². The summed E-state index contributed by atoms with van der Waals surface area (Å²) in [5.41, 5.74) is 2.84. The summed E-state index contributed by atoms with van der Waals surface area (Å²) in [4.78, 5) is 30.9. The molecule has 3 aromatic rings. The summed E-state index contributed by atoms with van der Waals surface area (Å²) in [6.45, 7) is 0.792. The molecular formula is C18H19N5O. The SMILES string of the molecule is O=C(CCc1nc2ccccc2[nH]1)N1CCC[C@H]1c1cnccn1. The number of aryl methyl sites for hydroxylation is 1. The number of carbonyl (C=O) groups excluding carboxylic acids is 1. The van der Waals surface area contributed by atoms with E-state index in [0.29, 0.717) is 12.8 Å². The summed E-state index contributed by atoms with van der Waals surface area (Å²) in [6.07, 6.45) is 8.15. The Labute approximate surface area is 140 Å². The molecule has 6 nitrogen and oxygen atoms in total. The molecule has 4 rings (SSSR count). The summed E-state index contributed by atoms with van der Waals surface area (Å²) in [7, 11) is 0. The minimum Gasteiger partial charge on any atom is -0.342 e. The van der Waals surface area contributed by atoms with E-state index in [0.717, 1.165) is 41.9 Å². The molecule has 1 saturated heterocycles. The number of nitrogens with zero attached hydrogens (tertiary/aromatic N) is 4. The van der Waals surface area contributed by atoms with Gasteiger partial charge in [-0.05, 0) is 25.0 Å². The molecule has 1 aliphatic heterocycles. The number of H-pyrrole nitrogens is 1. The maximum absolute atomic E-state index is 12.7. The van der Waals surface area contributed by atoms with Gasteiger partial charge in [-0.3, -0.25) is 14.8 Å². The lowest BCUT2D eigenvalue weighted by Crippen LogP contribution is -2.31. The Bertz CT molecular complexity index is 812. The van der Waals surface area contributed by atoms with Crippen molar-refractivity contribution in [2.75, 3.05) is 6.54 Å². The van der Waals surface area contributed by atoms with Gasteiger partial charge >= 0.3 is 0 Å². The zero-order chi connectivity index (χ0) is 16.4. The molecule has 6 heteroatoms. The molecule has 1 fully saturated rings. The zero-order valence-corrected chi connectivity index (χ0v) is 13.4. The van der Waals surface area contributed by atoms with Gasteiger partial charge in [-0.2, -0.15) is 0 Å². The third-order valence-electron chi connectivity index (χ3n) is 4.51. The molecule has 1 amide bonds. The maximum Gasteiger partial charge on any atom is 0.223 e. The fourth-order valence-corrected chi connectivity index (χ4v) is 3.35. The Morgan fingerprint density at radius 3 is 3.04 bits per heavy atom. The Morgan fingerprint density at radius 1 is 1.29 bits per heavy atom. The molecule has 0 bridgehead atoms. The van der Waals surface area contributed by atoms with Crippen molar-refractivity contribution in [2.45, 2.75) is 31.7 Å². The molecule has 0 spiro atoms. The molecule has 0 aliphatic carbocycles. The first kappa shape index (κ1) is 14.8. The molecule has 1 aromatic carbocycles. The minimum absolute atomic E-state index is 0.0573. The van der Waals surface area contributed by atoms with E-state index in [2.05, 4.69) is 19.9 Å². The number of fused-ring (bicyclic) bond motifs is 1. The number of hydrogen-bond acceptors (Lipinski definition) is 4. The van der Waals surface area contributed by atoms with Crippen molar-refractivity contribution in [1.29, 1.82) is 0 Å². The summed E-state index contributed by atoms with van der Waals surface area (Å²) in [6, 6.07) is 7.97.